The predicted molar refractivity (Wildman–Crippen MR) is 200 cm³/mol. The third kappa shape index (κ3) is 6.43. The third-order valence-corrected chi connectivity index (χ3v) is 14.7. The molecular weight excluding hydrogens is 668 g/mol. The largest absolute Gasteiger partial charge is 0.469 e. The number of imidazole rings is 2. The summed E-state index contributed by atoms with van der Waals surface area (Å²) in [6.45, 7) is 7.44. The molecule has 0 radical (unpaired) electrons. The molecule has 0 unspecified atom stereocenters. The van der Waals surface area contributed by atoms with Crippen LogP contribution in [0.1, 0.15) is 85.0 Å². The molecule has 53 heavy (non-hydrogen) atoms. The molecule has 2 aromatic carbocycles. The molecule has 4 aliphatic rings. The van der Waals surface area contributed by atoms with E-state index < -0.39 is 0 Å². The maximum Gasteiger partial charge on any atom is 0.326 e. The maximum atomic E-state index is 14.0. The van der Waals surface area contributed by atoms with Gasteiger partial charge in [-0.25, -0.2) is 9.97 Å². The molecule has 0 N–H and O–H groups in total. The summed E-state index contributed by atoms with van der Waals surface area (Å²) in [5, 5.41) is 0. The van der Waals surface area contributed by atoms with Gasteiger partial charge in [0, 0.05) is 11.8 Å². The van der Waals surface area contributed by atoms with Crippen molar-refractivity contribution < 1.29 is 28.6 Å². The third-order valence-electron chi connectivity index (χ3n) is 14.7. The fourth-order valence-electron chi connectivity index (χ4n) is 12.0. The number of fused-ring (bicyclic) bond motifs is 7. The van der Waals surface area contributed by atoms with Crippen LogP contribution in [0.5, 0.6) is 0 Å². The average molecular weight is 723 g/mol. The molecule has 282 valence electrons. The second-order valence-corrected chi connectivity index (χ2v) is 17.1. The van der Waals surface area contributed by atoms with Crippen LogP contribution in [-0.2, 0) is 41.7 Å². The number of carbonyl (C=O) groups is 3. The first kappa shape index (κ1) is 35.8. The normalized spacial score (nSPS) is 32.7. The lowest BCUT2D eigenvalue weighted by Gasteiger charge is -2.62. The van der Waals surface area contributed by atoms with E-state index in [2.05, 4.69) is 30.7 Å². The number of hydrogen-bond donors (Lipinski definition) is 0. The molecule has 0 spiro atoms. The molecule has 0 aliphatic heterocycles. The molecule has 2 heterocycles. The number of methoxy groups -OCH3 is 1. The van der Waals surface area contributed by atoms with Crippen LogP contribution in [0.4, 0.5) is 0 Å². The smallest absolute Gasteiger partial charge is 0.326 e. The minimum atomic E-state index is -0.222. The van der Waals surface area contributed by atoms with E-state index in [1.54, 1.807) is 12.7 Å². The molecule has 4 aliphatic carbocycles. The fraction of sp³-hybridized carbons (Fsp3) is 0.605. The van der Waals surface area contributed by atoms with Gasteiger partial charge in [-0.2, -0.15) is 0 Å². The summed E-state index contributed by atoms with van der Waals surface area (Å²) < 4.78 is 21.7. The summed E-state index contributed by atoms with van der Waals surface area (Å²) >= 11 is 0. The molecule has 8 rings (SSSR count). The molecule has 10 nitrogen and oxygen atoms in total. The molecule has 4 aromatic rings. The number of nitrogens with zero attached hydrogens (tertiary/aromatic N) is 4. The first-order valence-electron chi connectivity index (χ1n) is 19.8. The molecule has 4 saturated carbocycles. The Morgan fingerprint density at radius 2 is 1.43 bits per heavy atom. The van der Waals surface area contributed by atoms with E-state index in [4.69, 9.17) is 14.2 Å². The summed E-state index contributed by atoms with van der Waals surface area (Å²) in [5.74, 6) is 1.91. The molecule has 10 heteroatoms. The Labute approximate surface area is 312 Å². The Balaban J connectivity index is 1.00. The average Bonchev–Trinajstić information content (AvgIpc) is 3.86. The molecule has 0 amide bonds. The molecule has 4 fully saturated rings. The van der Waals surface area contributed by atoms with Crippen molar-refractivity contribution in [2.24, 2.45) is 46.3 Å². The van der Waals surface area contributed by atoms with Crippen molar-refractivity contribution in [3.63, 3.8) is 0 Å². The van der Waals surface area contributed by atoms with Crippen LogP contribution >= 0.6 is 0 Å². The van der Waals surface area contributed by atoms with E-state index >= 15 is 0 Å². The Hall–Kier alpha value is -4.21. The number of carbonyl (C=O) groups excluding carboxylic acids is 3. The van der Waals surface area contributed by atoms with Crippen LogP contribution in [0.3, 0.4) is 0 Å². The van der Waals surface area contributed by atoms with Gasteiger partial charge in [0.25, 0.3) is 0 Å². The zero-order valence-electron chi connectivity index (χ0n) is 31.6. The van der Waals surface area contributed by atoms with Crippen LogP contribution in [0.2, 0.25) is 0 Å². The van der Waals surface area contributed by atoms with Gasteiger partial charge in [-0.3, -0.25) is 14.4 Å². The first-order valence-corrected chi connectivity index (χ1v) is 19.8. The van der Waals surface area contributed by atoms with Crippen molar-refractivity contribution in [3.8, 4) is 0 Å². The zero-order valence-corrected chi connectivity index (χ0v) is 31.6. The number of ether oxygens (including phenoxy) is 3. The van der Waals surface area contributed by atoms with Gasteiger partial charge in [0.15, 0.2) is 0 Å². The molecular formula is C43H54N4O6. The van der Waals surface area contributed by atoms with Gasteiger partial charge in [0.2, 0.25) is 0 Å². The number of benzene rings is 2. The zero-order chi connectivity index (χ0) is 36.9. The van der Waals surface area contributed by atoms with E-state index in [1.165, 1.54) is 7.11 Å². The summed E-state index contributed by atoms with van der Waals surface area (Å²) in [6, 6.07) is 15.7. The minimum Gasteiger partial charge on any atom is -0.469 e. The summed E-state index contributed by atoms with van der Waals surface area (Å²) in [5.41, 5.74) is 3.48. The standard InChI is InChI=1S/C43H54N4O6/c1-27(13-18-39(48)51-4)31-16-17-32-30-15-14-28-21-29(52-40(49)23-46-25-44-34-9-5-7-11-36(34)46)19-20-42(28,2)33(30)22-38(43(31,32)3)53-41(50)24-47-26-45-35-10-6-8-12-37(35)47/h5-12,25-33,38H,13-24H2,1-4H3/t27-,28-,29-,30+,31-,32+,33+,38+,42+,43-/m1/s1. The van der Waals surface area contributed by atoms with Crippen molar-refractivity contribution in [1.29, 1.82) is 0 Å². The van der Waals surface area contributed by atoms with E-state index in [0.29, 0.717) is 41.9 Å². The van der Waals surface area contributed by atoms with Crippen LogP contribution in [-0.4, -0.2) is 56.3 Å². The van der Waals surface area contributed by atoms with E-state index in [0.717, 1.165) is 79.9 Å². The summed E-state index contributed by atoms with van der Waals surface area (Å²) in [4.78, 5) is 48.3. The highest BCUT2D eigenvalue weighted by molar-refractivity contribution is 5.79. The van der Waals surface area contributed by atoms with Crippen molar-refractivity contribution in [1.82, 2.24) is 19.1 Å². The monoisotopic (exact) mass is 722 g/mol. The lowest BCUT2D eigenvalue weighted by Crippen LogP contribution is -2.59. The number of aromatic nitrogens is 4. The minimum absolute atomic E-state index is 0.0769. The van der Waals surface area contributed by atoms with Gasteiger partial charge in [-0.05, 0) is 123 Å². The van der Waals surface area contributed by atoms with Crippen molar-refractivity contribution in [2.45, 2.75) is 110 Å². The van der Waals surface area contributed by atoms with Crippen LogP contribution in [0, 0.1) is 46.3 Å². The second kappa shape index (κ2) is 14.2. The lowest BCUT2D eigenvalue weighted by molar-refractivity contribution is -0.199. The highest BCUT2D eigenvalue weighted by Crippen LogP contribution is 2.69. The SMILES string of the molecule is COC(=O)CC[C@@H](C)[C@H]1CC[C@H]2[C@@H]3CC[C@@H]4C[C@H](OC(=O)Cn5cnc6ccccc65)CC[C@]4(C)[C@H]3C[C@H](OC(=O)Cn3cnc4ccccc43)[C@]12C. The number of esters is 3. The van der Waals surface area contributed by atoms with Gasteiger partial charge in [-0.1, -0.05) is 45.0 Å². The molecule has 0 saturated heterocycles. The topological polar surface area (TPSA) is 115 Å². The summed E-state index contributed by atoms with van der Waals surface area (Å²) in [7, 11) is 1.46. The number of hydrogen-bond acceptors (Lipinski definition) is 8. The van der Waals surface area contributed by atoms with Crippen molar-refractivity contribution >= 4 is 40.0 Å². The maximum absolute atomic E-state index is 14.0. The molecule has 2 aromatic heterocycles. The first-order chi connectivity index (χ1) is 25.6. The number of para-hydroxylation sites is 4. The van der Waals surface area contributed by atoms with Gasteiger partial charge >= 0.3 is 17.9 Å². The Kier molecular flexibility index (Phi) is 9.60. The van der Waals surface area contributed by atoms with Crippen molar-refractivity contribution in [2.75, 3.05) is 7.11 Å². The summed E-state index contributed by atoms with van der Waals surface area (Å²) in [6.07, 6.45) is 12.4. The molecule has 0 bridgehead atoms. The second-order valence-electron chi connectivity index (χ2n) is 17.1. The van der Waals surface area contributed by atoms with Gasteiger partial charge in [0.1, 0.15) is 25.3 Å². The highest BCUT2D eigenvalue weighted by Gasteiger charge is 2.65. The number of rotatable bonds is 10. The van der Waals surface area contributed by atoms with Crippen molar-refractivity contribution in [3.05, 3.63) is 61.2 Å². The van der Waals surface area contributed by atoms with Crippen LogP contribution in [0.25, 0.3) is 22.1 Å². The van der Waals surface area contributed by atoms with E-state index in [-0.39, 0.29) is 54.0 Å². The Morgan fingerprint density at radius 3 is 2.09 bits per heavy atom. The molecule has 10 atom stereocenters. The predicted octanol–water partition coefficient (Wildman–Crippen LogP) is 7.77. The lowest BCUT2D eigenvalue weighted by atomic mass is 9.43. The van der Waals surface area contributed by atoms with Gasteiger partial charge < -0.3 is 23.3 Å². The van der Waals surface area contributed by atoms with E-state index in [9.17, 15) is 14.4 Å². The highest BCUT2D eigenvalue weighted by atomic mass is 16.5. The van der Waals surface area contributed by atoms with Gasteiger partial charge in [-0.15, -0.1) is 0 Å². The van der Waals surface area contributed by atoms with Gasteiger partial charge in [0.05, 0.1) is 41.8 Å². The Bertz CT molecular complexity index is 1990. The Morgan fingerprint density at radius 1 is 0.792 bits per heavy atom. The van der Waals surface area contributed by atoms with E-state index in [1.807, 2.05) is 57.7 Å². The quantitative estimate of drug-likeness (QED) is 0.121. The van der Waals surface area contributed by atoms with Crippen LogP contribution < -0.4 is 0 Å². The fourth-order valence-corrected chi connectivity index (χ4v) is 12.0. The van der Waals surface area contributed by atoms with Crippen LogP contribution in [0.15, 0.2) is 61.2 Å².